The molecule has 0 saturated heterocycles. The predicted molar refractivity (Wildman–Crippen MR) is 128 cm³/mol. The van der Waals surface area contributed by atoms with Crippen LogP contribution in [0.2, 0.25) is 0 Å². The second-order valence-electron chi connectivity index (χ2n) is 6.90. The minimum Gasteiger partial charge on any atom is -0.371 e. The zero-order valence-corrected chi connectivity index (χ0v) is 18.0. The molecular formula is C26H29ClN2. The van der Waals surface area contributed by atoms with E-state index in [-0.39, 0.29) is 0 Å². The van der Waals surface area contributed by atoms with Crippen molar-refractivity contribution in [2.24, 2.45) is 0 Å². The average Bonchev–Trinajstić information content (AvgIpc) is 2.79. The molecule has 0 aromatic heterocycles. The fraction of sp³-hybridized carbons (Fsp3) is 0.231. The van der Waals surface area contributed by atoms with E-state index in [0.717, 1.165) is 53.5 Å². The number of nitrogens with one attached hydrogen (secondary N) is 1. The lowest BCUT2D eigenvalue weighted by atomic mass is 9.95. The Bertz CT molecular complexity index is 902. The molecular weight excluding hydrogens is 376 g/mol. The highest BCUT2D eigenvalue weighted by atomic mass is 35.5. The highest BCUT2D eigenvalue weighted by molar-refractivity contribution is 6.53. The maximum atomic E-state index is 6.92. The molecule has 0 fully saturated rings. The molecule has 29 heavy (non-hydrogen) atoms. The van der Waals surface area contributed by atoms with Crippen molar-refractivity contribution in [2.75, 3.05) is 31.1 Å². The summed E-state index contributed by atoms with van der Waals surface area (Å²) in [6.45, 7) is 8.30. The lowest BCUT2D eigenvalue weighted by Gasteiger charge is -2.24. The van der Waals surface area contributed by atoms with Crippen LogP contribution in [0.5, 0.6) is 0 Å². The van der Waals surface area contributed by atoms with Gasteiger partial charge in [0, 0.05) is 30.9 Å². The summed E-state index contributed by atoms with van der Waals surface area (Å²) in [6.07, 6.45) is 0. The van der Waals surface area contributed by atoms with Gasteiger partial charge < -0.3 is 10.2 Å². The van der Waals surface area contributed by atoms with Crippen molar-refractivity contribution in [3.05, 3.63) is 102 Å². The van der Waals surface area contributed by atoms with Gasteiger partial charge in [0.25, 0.3) is 0 Å². The minimum absolute atomic E-state index is 0.768. The predicted octanol–water partition coefficient (Wildman–Crippen LogP) is 6.28. The van der Waals surface area contributed by atoms with Gasteiger partial charge in [-0.15, -0.1) is 0 Å². The van der Waals surface area contributed by atoms with Crippen molar-refractivity contribution in [1.29, 1.82) is 0 Å². The largest absolute Gasteiger partial charge is 0.371 e. The third-order valence-electron chi connectivity index (χ3n) is 5.02. The average molecular weight is 405 g/mol. The summed E-state index contributed by atoms with van der Waals surface area (Å²) in [7, 11) is 0. The molecule has 0 aliphatic heterocycles. The van der Waals surface area contributed by atoms with E-state index in [0.29, 0.717) is 0 Å². The number of nitrogens with zero attached hydrogens (tertiary/aromatic N) is 1. The van der Waals surface area contributed by atoms with E-state index in [1.54, 1.807) is 0 Å². The van der Waals surface area contributed by atoms with Gasteiger partial charge in [0.15, 0.2) is 0 Å². The van der Waals surface area contributed by atoms with Gasteiger partial charge in [0.1, 0.15) is 0 Å². The van der Waals surface area contributed by atoms with E-state index >= 15 is 0 Å². The number of hydrogen-bond donors (Lipinski definition) is 1. The summed E-state index contributed by atoms with van der Waals surface area (Å²) in [4.78, 5) is 2.39. The van der Waals surface area contributed by atoms with Gasteiger partial charge in [0.05, 0.1) is 5.03 Å². The van der Waals surface area contributed by atoms with Crippen LogP contribution in [-0.4, -0.2) is 26.2 Å². The normalized spacial score (nSPS) is 11.8. The molecule has 0 saturated carbocycles. The third-order valence-corrected chi connectivity index (χ3v) is 5.43. The number of rotatable bonds is 9. The van der Waals surface area contributed by atoms with Crippen LogP contribution in [0.25, 0.3) is 10.6 Å². The number of likely N-dealkylation sites (N-methyl/N-ethyl adjacent to an activating group) is 2. The van der Waals surface area contributed by atoms with Crippen LogP contribution in [0.15, 0.2) is 84.9 Å². The van der Waals surface area contributed by atoms with E-state index in [9.17, 15) is 0 Å². The van der Waals surface area contributed by atoms with Crippen LogP contribution in [0, 0.1) is 0 Å². The molecule has 0 spiro atoms. The van der Waals surface area contributed by atoms with Gasteiger partial charge >= 0.3 is 0 Å². The quantitative estimate of drug-likeness (QED) is 0.333. The van der Waals surface area contributed by atoms with Gasteiger partial charge in [-0.25, -0.2) is 0 Å². The minimum atomic E-state index is 0.768. The molecule has 3 rings (SSSR count). The third kappa shape index (κ3) is 5.50. The number of halogens is 1. The molecule has 3 aromatic carbocycles. The monoisotopic (exact) mass is 404 g/mol. The molecule has 3 aromatic rings. The number of benzene rings is 3. The van der Waals surface area contributed by atoms with Gasteiger partial charge in [-0.05, 0) is 42.3 Å². The number of hydrogen-bond acceptors (Lipinski definition) is 2. The van der Waals surface area contributed by atoms with Crippen LogP contribution in [0.3, 0.4) is 0 Å². The number of anilines is 1. The van der Waals surface area contributed by atoms with Crippen molar-refractivity contribution in [1.82, 2.24) is 5.32 Å². The fourth-order valence-electron chi connectivity index (χ4n) is 3.45. The highest BCUT2D eigenvalue weighted by Crippen LogP contribution is 2.35. The molecule has 0 bridgehead atoms. The zero-order chi connectivity index (χ0) is 20.5. The Balaban J connectivity index is 1.97. The van der Waals surface area contributed by atoms with Gasteiger partial charge in [-0.3, -0.25) is 0 Å². The van der Waals surface area contributed by atoms with Crippen molar-refractivity contribution < 1.29 is 0 Å². The molecule has 0 aliphatic rings. The Morgan fingerprint density at radius 1 is 0.759 bits per heavy atom. The van der Waals surface area contributed by atoms with Crippen LogP contribution in [-0.2, 0) is 0 Å². The van der Waals surface area contributed by atoms with Gasteiger partial charge in [0.2, 0.25) is 0 Å². The molecule has 0 unspecified atom stereocenters. The summed E-state index contributed by atoms with van der Waals surface area (Å²) < 4.78 is 0. The first kappa shape index (κ1) is 21.2. The summed E-state index contributed by atoms with van der Waals surface area (Å²) in [5.74, 6) is 0. The zero-order valence-electron chi connectivity index (χ0n) is 17.2. The standard InChI is InChI=1S/C26H29ClN2/c1-3-28-19-20-29(4-2)24-17-15-22(16-18-24)25(21-11-7-5-8-12-21)26(27)23-13-9-6-10-14-23/h5-18,28H,3-4,19-20H2,1-2H3/b26-25+. The van der Waals surface area contributed by atoms with E-state index in [4.69, 9.17) is 11.6 Å². The van der Waals surface area contributed by atoms with Crippen molar-refractivity contribution in [2.45, 2.75) is 13.8 Å². The van der Waals surface area contributed by atoms with Crippen molar-refractivity contribution >= 4 is 27.9 Å². The Morgan fingerprint density at radius 3 is 1.86 bits per heavy atom. The van der Waals surface area contributed by atoms with Crippen LogP contribution in [0.4, 0.5) is 5.69 Å². The first-order valence-corrected chi connectivity index (χ1v) is 10.7. The first-order chi connectivity index (χ1) is 14.2. The second-order valence-corrected chi connectivity index (χ2v) is 7.28. The van der Waals surface area contributed by atoms with E-state index < -0.39 is 0 Å². The highest BCUT2D eigenvalue weighted by Gasteiger charge is 2.13. The van der Waals surface area contributed by atoms with E-state index in [1.165, 1.54) is 5.69 Å². The topological polar surface area (TPSA) is 15.3 Å². The second kappa shape index (κ2) is 10.8. The molecule has 0 aliphatic carbocycles. The van der Waals surface area contributed by atoms with E-state index in [2.05, 4.69) is 84.7 Å². The Hall–Kier alpha value is -2.55. The molecule has 150 valence electrons. The first-order valence-electron chi connectivity index (χ1n) is 10.3. The smallest absolute Gasteiger partial charge is 0.0562 e. The molecule has 0 radical (unpaired) electrons. The fourth-order valence-corrected chi connectivity index (χ4v) is 3.80. The van der Waals surface area contributed by atoms with E-state index in [1.807, 2.05) is 24.3 Å². The van der Waals surface area contributed by atoms with Crippen molar-refractivity contribution in [3.63, 3.8) is 0 Å². The Labute approximate surface area is 179 Å². The summed E-state index contributed by atoms with van der Waals surface area (Å²) >= 11 is 6.92. The maximum Gasteiger partial charge on any atom is 0.0562 e. The van der Waals surface area contributed by atoms with Gasteiger partial charge in [-0.2, -0.15) is 0 Å². The Kier molecular flexibility index (Phi) is 7.92. The van der Waals surface area contributed by atoms with Gasteiger partial charge in [-0.1, -0.05) is 91.3 Å². The molecule has 0 amide bonds. The molecule has 1 N–H and O–H groups in total. The Morgan fingerprint density at radius 2 is 1.31 bits per heavy atom. The molecule has 0 heterocycles. The maximum absolute atomic E-state index is 6.92. The summed E-state index contributed by atoms with van der Waals surface area (Å²) in [5, 5.41) is 4.17. The SMILES string of the molecule is CCNCCN(CC)c1ccc(/C(=C(/Cl)c2ccccc2)c2ccccc2)cc1. The van der Waals surface area contributed by atoms with Crippen molar-refractivity contribution in [3.8, 4) is 0 Å². The molecule has 2 nitrogen and oxygen atoms in total. The lowest BCUT2D eigenvalue weighted by molar-refractivity contribution is 0.688. The molecule has 3 heteroatoms. The lowest BCUT2D eigenvalue weighted by Crippen LogP contribution is -2.31. The van der Waals surface area contributed by atoms with Crippen LogP contribution in [0.1, 0.15) is 30.5 Å². The van der Waals surface area contributed by atoms with Crippen LogP contribution >= 0.6 is 11.6 Å². The van der Waals surface area contributed by atoms with Crippen LogP contribution < -0.4 is 10.2 Å². The summed E-state index contributed by atoms with van der Waals surface area (Å²) in [6, 6.07) is 29.3. The molecule has 0 atom stereocenters. The summed E-state index contributed by atoms with van der Waals surface area (Å²) in [5.41, 5.74) is 5.56.